The van der Waals surface area contributed by atoms with Crippen LogP contribution in [0.25, 0.3) is 0 Å². The van der Waals surface area contributed by atoms with Gasteiger partial charge in [-0.05, 0) is 38.0 Å². The summed E-state index contributed by atoms with van der Waals surface area (Å²) in [6.45, 7) is 7.26. The Labute approximate surface area is 153 Å². The summed E-state index contributed by atoms with van der Waals surface area (Å²) in [5.41, 5.74) is 0.501. The molecule has 1 N–H and O–H groups in total. The number of hydrogen-bond acceptors (Lipinski definition) is 5. The smallest absolute Gasteiger partial charge is 0.409 e. The standard InChI is InChI=1S/C19H26N2O5/c1-4-12-26-16-7-6-14(13-17(16)24-3)18(22)20-15-8-10-21(11-9-15)19(23)25-5-2/h4,6-7,13,15H,1,5,8-12H2,2-3H3,(H,20,22). The van der Waals surface area contributed by atoms with Crippen LogP contribution in [0.15, 0.2) is 30.9 Å². The second kappa shape index (κ2) is 9.70. The molecule has 1 aromatic rings. The van der Waals surface area contributed by atoms with Crippen molar-refractivity contribution in [2.24, 2.45) is 0 Å². The molecule has 0 saturated carbocycles. The Morgan fingerprint density at radius 3 is 2.65 bits per heavy atom. The Hall–Kier alpha value is -2.70. The van der Waals surface area contributed by atoms with E-state index in [4.69, 9.17) is 14.2 Å². The molecule has 1 saturated heterocycles. The Morgan fingerprint density at radius 2 is 2.04 bits per heavy atom. The van der Waals surface area contributed by atoms with Crippen molar-refractivity contribution in [3.8, 4) is 11.5 Å². The molecule has 1 aromatic carbocycles. The largest absolute Gasteiger partial charge is 0.493 e. The van der Waals surface area contributed by atoms with Crippen LogP contribution in [0.1, 0.15) is 30.1 Å². The summed E-state index contributed by atoms with van der Waals surface area (Å²) in [5, 5.41) is 3.01. The number of benzene rings is 1. The van der Waals surface area contributed by atoms with Crippen molar-refractivity contribution >= 4 is 12.0 Å². The molecule has 1 aliphatic rings. The predicted octanol–water partition coefficient (Wildman–Crippen LogP) is 2.61. The molecule has 2 rings (SSSR count). The Bertz CT molecular complexity index is 639. The molecule has 142 valence electrons. The molecular formula is C19H26N2O5. The highest BCUT2D eigenvalue weighted by Crippen LogP contribution is 2.28. The van der Waals surface area contributed by atoms with Crippen LogP contribution in [0.5, 0.6) is 11.5 Å². The monoisotopic (exact) mass is 362 g/mol. The number of rotatable bonds is 7. The highest BCUT2D eigenvalue weighted by Gasteiger charge is 2.25. The summed E-state index contributed by atoms with van der Waals surface area (Å²) in [6.07, 6.45) is 2.74. The SMILES string of the molecule is C=CCOc1ccc(C(=O)NC2CCN(C(=O)OCC)CC2)cc1OC. The second-order valence-electron chi connectivity index (χ2n) is 5.90. The average molecular weight is 362 g/mol. The number of piperidine rings is 1. The normalized spacial score (nSPS) is 14.5. The molecule has 7 nitrogen and oxygen atoms in total. The lowest BCUT2D eigenvalue weighted by Crippen LogP contribution is -2.46. The van der Waals surface area contributed by atoms with Gasteiger partial charge in [-0.3, -0.25) is 4.79 Å². The number of nitrogens with zero attached hydrogens (tertiary/aromatic N) is 1. The number of amides is 2. The van der Waals surface area contributed by atoms with E-state index in [0.29, 0.717) is 56.2 Å². The van der Waals surface area contributed by atoms with Crippen molar-refractivity contribution in [1.29, 1.82) is 0 Å². The Balaban J connectivity index is 1.92. The van der Waals surface area contributed by atoms with Crippen LogP contribution in [-0.2, 0) is 4.74 Å². The van der Waals surface area contributed by atoms with E-state index in [1.807, 2.05) is 0 Å². The molecule has 0 spiro atoms. The number of carbonyl (C=O) groups is 2. The molecule has 7 heteroatoms. The third-order valence-electron chi connectivity index (χ3n) is 4.14. The fourth-order valence-corrected chi connectivity index (χ4v) is 2.77. The first kappa shape index (κ1) is 19.6. The third-order valence-corrected chi connectivity index (χ3v) is 4.14. The van der Waals surface area contributed by atoms with E-state index >= 15 is 0 Å². The molecule has 0 bridgehead atoms. The van der Waals surface area contributed by atoms with Gasteiger partial charge in [-0.15, -0.1) is 0 Å². The fourth-order valence-electron chi connectivity index (χ4n) is 2.77. The summed E-state index contributed by atoms with van der Waals surface area (Å²) < 4.78 is 15.8. The maximum atomic E-state index is 12.5. The molecule has 0 radical (unpaired) electrons. The fraction of sp³-hybridized carbons (Fsp3) is 0.474. The summed E-state index contributed by atoms with van der Waals surface area (Å²) in [5.74, 6) is 0.886. The van der Waals surface area contributed by atoms with Crippen molar-refractivity contribution in [1.82, 2.24) is 10.2 Å². The Morgan fingerprint density at radius 1 is 1.31 bits per heavy atom. The van der Waals surface area contributed by atoms with Gasteiger partial charge in [-0.25, -0.2) is 4.79 Å². The highest BCUT2D eigenvalue weighted by molar-refractivity contribution is 5.95. The van der Waals surface area contributed by atoms with Gasteiger partial charge in [-0.1, -0.05) is 12.7 Å². The summed E-state index contributed by atoms with van der Waals surface area (Å²) in [4.78, 5) is 25.9. The second-order valence-corrected chi connectivity index (χ2v) is 5.90. The molecule has 0 aliphatic carbocycles. The number of ether oxygens (including phenoxy) is 3. The van der Waals surface area contributed by atoms with Gasteiger partial charge in [0.2, 0.25) is 0 Å². The third kappa shape index (κ3) is 5.15. The molecule has 0 aromatic heterocycles. The molecule has 0 unspecified atom stereocenters. The average Bonchev–Trinajstić information content (AvgIpc) is 2.66. The maximum absolute atomic E-state index is 12.5. The van der Waals surface area contributed by atoms with Gasteiger partial charge >= 0.3 is 6.09 Å². The van der Waals surface area contributed by atoms with E-state index in [0.717, 1.165) is 0 Å². The van der Waals surface area contributed by atoms with E-state index in [-0.39, 0.29) is 18.0 Å². The van der Waals surface area contributed by atoms with Crippen LogP contribution in [0, 0.1) is 0 Å². The Kier molecular flexibility index (Phi) is 7.32. The lowest BCUT2D eigenvalue weighted by Gasteiger charge is -2.31. The minimum absolute atomic E-state index is 0.0239. The zero-order valence-corrected chi connectivity index (χ0v) is 15.3. The molecule has 1 heterocycles. The van der Waals surface area contributed by atoms with Gasteiger partial charge in [0.05, 0.1) is 13.7 Å². The van der Waals surface area contributed by atoms with Gasteiger partial charge in [-0.2, -0.15) is 0 Å². The van der Waals surface area contributed by atoms with Crippen molar-refractivity contribution < 1.29 is 23.8 Å². The zero-order valence-electron chi connectivity index (χ0n) is 15.3. The molecule has 1 fully saturated rings. The zero-order chi connectivity index (χ0) is 18.9. The van der Waals surface area contributed by atoms with Gasteiger partial charge in [0, 0.05) is 24.7 Å². The van der Waals surface area contributed by atoms with Crippen molar-refractivity contribution in [2.75, 3.05) is 33.4 Å². The van der Waals surface area contributed by atoms with Crippen LogP contribution < -0.4 is 14.8 Å². The number of likely N-dealkylation sites (tertiary alicyclic amines) is 1. The lowest BCUT2D eigenvalue weighted by molar-refractivity contribution is 0.0859. The number of carbonyl (C=O) groups excluding carboxylic acids is 2. The van der Waals surface area contributed by atoms with Gasteiger partial charge in [0.15, 0.2) is 11.5 Å². The lowest BCUT2D eigenvalue weighted by atomic mass is 10.0. The molecule has 2 amide bonds. The highest BCUT2D eigenvalue weighted by atomic mass is 16.6. The molecule has 0 atom stereocenters. The molecule has 1 aliphatic heterocycles. The summed E-state index contributed by atoms with van der Waals surface area (Å²) in [6, 6.07) is 5.09. The summed E-state index contributed by atoms with van der Waals surface area (Å²) in [7, 11) is 1.53. The first-order chi connectivity index (χ1) is 12.6. The first-order valence-electron chi connectivity index (χ1n) is 8.73. The minimum atomic E-state index is -0.294. The van der Waals surface area contributed by atoms with Crippen LogP contribution in [0.2, 0.25) is 0 Å². The predicted molar refractivity (Wildman–Crippen MR) is 97.8 cm³/mol. The minimum Gasteiger partial charge on any atom is -0.493 e. The molecule has 26 heavy (non-hydrogen) atoms. The van der Waals surface area contributed by atoms with E-state index < -0.39 is 0 Å². The number of methoxy groups -OCH3 is 1. The van der Waals surface area contributed by atoms with Crippen LogP contribution in [-0.4, -0.2) is 56.4 Å². The van der Waals surface area contributed by atoms with Crippen LogP contribution in [0.4, 0.5) is 4.79 Å². The van der Waals surface area contributed by atoms with Gasteiger partial charge in [0.1, 0.15) is 6.61 Å². The van der Waals surface area contributed by atoms with Crippen LogP contribution in [0.3, 0.4) is 0 Å². The number of nitrogens with one attached hydrogen (secondary N) is 1. The first-order valence-corrected chi connectivity index (χ1v) is 8.73. The maximum Gasteiger partial charge on any atom is 0.409 e. The van der Waals surface area contributed by atoms with Crippen molar-refractivity contribution in [3.05, 3.63) is 36.4 Å². The van der Waals surface area contributed by atoms with Crippen molar-refractivity contribution in [3.63, 3.8) is 0 Å². The van der Waals surface area contributed by atoms with E-state index in [1.54, 1.807) is 36.1 Å². The van der Waals surface area contributed by atoms with E-state index in [2.05, 4.69) is 11.9 Å². The quantitative estimate of drug-likeness (QED) is 0.755. The van der Waals surface area contributed by atoms with E-state index in [1.165, 1.54) is 7.11 Å². The van der Waals surface area contributed by atoms with Gasteiger partial charge in [0.25, 0.3) is 5.91 Å². The number of hydrogen-bond donors (Lipinski definition) is 1. The van der Waals surface area contributed by atoms with Gasteiger partial charge < -0.3 is 24.4 Å². The topological polar surface area (TPSA) is 77.1 Å². The molecular weight excluding hydrogens is 336 g/mol. The van der Waals surface area contributed by atoms with E-state index in [9.17, 15) is 9.59 Å². The summed E-state index contributed by atoms with van der Waals surface area (Å²) >= 11 is 0. The van der Waals surface area contributed by atoms with Crippen LogP contribution >= 0.6 is 0 Å². The van der Waals surface area contributed by atoms with Crippen molar-refractivity contribution in [2.45, 2.75) is 25.8 Å².